The number of rotatable bonds is 7. The van der Waals surface area contributed by atoms with Gasteiger partial charge >= 0.3 is 0 Å². The Balaban J connectivity index is 1.21. The summed E-state index contributed by atoms with van der Waals surface area (Å²) < 4.78 is 13.3. The summed E-state index contributed by atoms with van der Waals surface area (Å²) >= 11 is 0. The minimum Gasteiger partial charge on any atom is -0.370 e. The molecule has 41 heavy (non-hydrogen) atoms. The molecule has 6 unspecified atom stereocenters. The second kappa shape index (κ2) is 12.4. The first-order chi connectivity index (χ1) is 19.9. The highest BCUT2D eigenvalue weighted by molar-refractivity contribution is 5.87. The van der Waals surface area contributed by atoms with E-state index in [-0.39, 0.29) is 30.1 Å². The molecule has 0 bridgehead atoms. The molecule has 1 saturated carbocycles. The number of nitrogens with zero attached hydrogens (tertiary/aromatic N) is 3. The fourth-order valence-corrected chi connectivity index (χ4v) is 8.23. The van der Waals surface area contributed by atoms with Gasteiger partial charge in [-0.05, 0) is 82.4 Å². The van der Waals surface area contributed by atoms with Gasteiger partial charge in [-0.1, -0.05) is 24.8 Å². The zero-order valence-electron chi connectivity index (χ0n) is 25.2. The molecule has 1 aromatic rings. The first-order valence-corrected chi connectivity index (χ1v) is 15.8. The summed E-state index contributed by atoms with van der Waals surface area (Å²) in [5, 5.41) is 11.1. The van der Waals surface area contributed by atoms with Gasteiger partial charge in [-0.15, -0.1) is 0 Å². The normalized spacial score (nSPS) is 36.2. The molecule has 6 rings (SSSR count). The van der Waals surface area contributed by atoms with Crippen molar-refractivity contribution >= 4 is 5.91 Å². The maximum absolute atomic E-state index is 12.6. The van der Waals surface area contributed by atoms with Crippen LogP contribution in [0.1, 0.15) is 48.8 Å². The summed E-state index contributed by atoms with van der Waals surface area (Å²) in [6.07, 6.45) is 7.99. The van der Waals surface area contributed by atoms with E-state index in [9.17, 15) is 4.79 Å². The highest BCUT2D eigenvalue weighted by atomic mass is 16.5. The van der Waals surface area contributed by atoms with Crippen LogP contribution in [0.5, 0.6) is 0 Å². The molecule has 7 atom stereocenters. The summed E-state index contributed by atoms with van der Waals surface area (Å²) in [5.41, 5.74) is 4.08. The van der Waals surface area contributed by atoms with Crippen LogP contribution in [0.3, 0.4) is 0 Å². The quantitative estimate of drug-likeness (QED) is 0.432. The van der Waals surface area contributed by atoms with E-state index < -0.39 is 0 Å². The lowest BCUT2D eigenvalue weighted by Crippen LogP contribution is -2.73. The summed E-state index contributed by atoms with van der Waals surface area (Å²) in [4.78, 5) is 19.6. The van der Waals surface area contributed by atoms with E-state index in [4.69, 9.17) is 9.47 Å². The first-order valence-electron chi connectivity index (χ1n) is 15.8. The van der Waals surface area contributed by atoms with E-state index in [1.54, 1.807) is 0 Å². The van der Waals surface area contributed by atoms with Crippen LogP contribution >= 0.6 is 0 Å². The maximum Gasteiger partial charge on any atom is 0.246 e. The number of benzene rings is 1. The number of likely N-dealkylation sites (N-methyl/N-ethyl adjacent to an activating group) is 2. The Morgan fingerprint density at radius 2 is 2.12 bits per heavy atom. The largest absolute Gasteiger partial charge is 0.370 e. The zero-order chi connectivity index (χ0) is 28.6. The van der Waals surface area contributed by atoms with Crippen LogP contribution in [0.2, 0.25) is 0 Å². The lowest BCUT2D eigenvalue weighted by Gasteiger charge is -2.56. The summed E-state index contributed by atoms with van der Waals surface area (Å²) in [6, 6.07) is 7.49. The second-order valence-electron chi connectivity index (χ2n) is 13.1. The van der Waals surface area contributed by atoms with Gasteiger partial charge in [-0.2, -0.15) is 0 Å². The number of hydrogen-bond acceptors (Lipinski definition) is 8. The third kappa shape index (κ3) is 6.00. The Labute approximate surface area is 246 Å². The van der Waals surface area contributed by atoms with Gasteiger partial charge in [0.05, 0.1) is 31.0 Å². The first kappa shape index (κ1) is 29.2. The topological polar surface area (TPSA) is 81.3 Å². The highest BCUT2D eigenvalue weighted by Crippen LogP contribution is 2.44. The van der Waals surface area contributed by atoms with E-state index in [1.807, 2.05) is 11.9 Å². The smallest absolute Gasteiger partial charge is 0.246 e. The van der Waals surface area contributed by atoms with Crippen molar-refractivity contribution in [2.45, 2.75) is 88.3 Å². The molecule has 1 spiro atoms. The molecule has 1 aliphatic carbocycles. The molecule has 3 N–H and O–H groups in total. The van der Waals surface area contributed by atoms with Crippen LogP contribution in [0.4, 0.5) is 0 Å². The van der Waals surface area contributed by atoms with Crippen molar-refractivity contribution in [3.05, 3.63) is 47.5 Å². The van der Waals surface area contributed by atoms with Gasteiger partial charge in [-0.25, -0.2) is 0 Å². The molecule has 0 radical (unpaired) electrons. The van der Waals surface area contributed by atoms with E-state index in [1.165, 1.54) is 35.6 Å². The Hall–Kier alpha value is -1.85. The molecular weight excluding hydrogens is 516 g/mol. The number of amides is 1. The fraction of sp³-hybridized carbons (Fsp3) is 0.719. The SMILES string of the molecule is C=CC(=O)N1CCN(C2NC(OCC3CCCN3C)NC3C[C@]4(CCC32)Cc2c(C)cccc2CO4)CC1CNC. The van der Waals surface area contributed by atoms with E-state index >= 15 is 0 Å². The molecule has 5 aliphatic rings. The second-order valence-corrected chi connectivity index (χ2v) is 13.1. The number of ether oxygens (including phenoxy) is 2. The van der Waals surface area contributed by atoms with Crippen LogP contribution in [0.25, 0.3) is 0 Å². The minimum absolute atomic E-state index is 0.0209. The van der Waals surface area contributed by atoms with E-state index in [0.29, 0.717) is 31.2 Å². The summed E-state index contributed by atoms with van der Waals surface area (Å²) in [6.45, 7) is 11.7. The number of fused-ring (bicyclic) bond motifs is 2. The monoisotopic (exact) mass is 566 g/mol. The van der Waals surface area contributed by atoms with Gasteiger partial charge in [0.1, 0.15) is 0 Å². The van der Waals surface area contributed by atoms with Crippen molar-refractivity contribution in [2.75, 3.05) is 53.4 Å². The van der Waals surface area contributed by atoms with Crippen LogP contribution in [0, 0.1) is 12.8 Å². The number of nitrogens with one attached hydrogen (secondary N) is 3. The molecule has 0 aromatic heterocycles. The minimum atomic E-state index is -0.210. The lowest BCUT2D eigenvalue weighted by atomic mass is 9.69. The highest BCUT2D eigenvalue weighted by Gasteiger charge is 2.51. The lowest BCUT2D eigenvalue weighted by molar-refractivity contribution is -0.153. The van der Waals surface area contributed by atoms with E-state index in [2.05, 4.69) is 64.5 Å². The average Bonchev–Trinajstić information content (AvgIpc) is 3.40. The van der Waals surface area contributed by atoms with Crippen molar-refractivity contribution in [1.82, 2.24) is 30.7 Å². The predicted octanol–water partition coefficient (Wildman–Crippen LogP) is 1.81. The number of hydrogen-bond donors (Lipinski definition) is 3. The van der Waals surface area contributed by atoms with Gasteiger partial charge in [0.2, 0.25) is 5.91 Å². The van der Waals surface area contributed by atoms with Crippen LogP contribution in [0.15, 0.2) is 30.9 Å². The number of piperazine rings is 1. The van der Waals surface area contributed by atoms with Gasteiger partial charge in [-0.3, -0.25) is 20.3 Å². The standard InChI is InChI=1S/C32H50N6O3/c1-5-29(39)38-15-14-37(19-25(38)18-33-3)30-26-11-12-32(16-27-22(2)8-6-9-23(27)20-41-32)17-28(26)34-31(35-30)40-21-24-10-7-13-36(24)4/h5-6,8-9,24-26,28,30-31,33-35H,1,7,10-21H2,2-4H3/t24?,25?,26?,28?,30?,31?,32-/m0/s1. The molecule has 9 heteroatoms. The van der Waals surface area contributed by atoms with Crippen molar-refractivity contribution in [2.24, 2.45) is 5.92 Å². The Kier molecular flexibility index (Phi) is 8.84. The Morgan fingerprint density at radius 3 is 2.90 bits per heavy atom. The maximum atomic E-state index is 12.6. The third-order valence-electron chi connectivity index (χ3n) is 10.6. The molecule has 3 saturated heterocycles. The van der Waals surface area contributed by atoms with Gasteiger partial charge in [0, 0.05) is 50.6 Å². The number of aryl methyl sites for hydroxylation is 1. The molecule has 226 valence electrons. The number of carbonyl (C=O) groups excluding carboxylic acids is 1. The number of carbonyl (C=O) groups is 1. The van der Waals surface area contributed by atoms with Crippen LogP contribution in [-0.2, 0) is 27.3 Å². The Morgan fingerprint density at radius 1 is 1.24 bits per heavy atom. The molecule has 4 heterocycles. The molecular formula is C32H50N6O3. The van der Waals surface area contributed by atoms with Crippen molar-refractivity contribution in [3.8, 4) is 0 Å². The zero-order valence-corrected chi connectivity index (χ0v) is 25.2. The molecule has 4 aliphatic heterocycles. The average molecular weight is 567 g/mol. The van der Waals surface area contributed by atoms with Crippen molar-refractivity contribution < 1.29 is 14.3 Å². The fourth-order valence-electron chi connectivity index (χ4n) is 8.23. The Bertz CT molecular complexity index is 1100. The van der Waals surface area contributed by atoms with E-state index in [0.717, 1.165) is 58.5 Å². The summed E-state index contributed by atoms with van der Waals surface area (Å²) in [5.74, 6) is 0.459. The predicted molar refractivity (Wildman–Crippen MR) is 160 cm³/mol. The van der Waals surface area contributed by atoms with Gasteiger partial charge < -0.3 is 24.6 Å². The van der Waals surface area contributed by atoms with Gasteiger partial charge in [0.15, 0.2) is 6.35 Å². The van der Waals surface area contributed by atoms with Crippen molar-refractivity contribution in [3.63, 3.8) is 0 Å². The third-order valence-corrected chi connectivity index (χ3v) is 10.6. The van der Waals surface area contributed by atoms with Gasteiger partial charge in [0.25, 0.3) is 0 Å². The van der Waals surface area contributed by atoms with Crippen molar-refractivity contribution in [1.29, 1.82) is 0 Å². The van der Waals surface area contributed by atoms with Crippen LogP contribution in [-0.4, -0.2) is 110 Å². The molecule has 9 nitrogen and oxygen atoms in total. The number of likely N-dealkylation sites (tertiary alicyclic amines) is 1. The molecule has 1 aromatic carbocycles. The van der Waals surface area contributed by atoms with Crippen LogP contribution < -0.4 is 16.0 Å². The summed E-state index contributed by atoms with van der Waals surface area (Å²) in [7, 11) is 4.17. The molecule has 1 amide bonds. The molecule has 4 fully saturated rings.